The van der Waals surface area contributed by atoms with Gasteiger partial charge in [-0.25, -0.2) is 0 Å². The van der Waals surface area contributed by atoms with Crippen molar-refractivity contribution < 1.29 is 4.42 Å². The first kappa shape index (κ1) is 18.7. The Morgan fingerprint density at radius 2 is 1.33 bits per heavy atom. The quantitative estimate of drug-likeness (QED) is 0.336. The van der Waals surface area contributed by atoms with Crippen molar-refractivity contribution in [1.29, 1.82) is 0 Å². The molecule has 1 aliphatic rings. The third kappa shape index (κ3) is 2.41. The van der Waals surface area contributed by atoms with Crippen molar-refractivity contribution in [3.05, 3.63) is 121 Å². The van der Waals surface area contributed by atoms with E-state index in [0.717, 1.165) is 11.2 Å². The fraction of sp³-hybridized carbons (Fsp3) is 0.0323. The zero-order valence-corrected chi connectivity index (χ0v) is 19.4. The van der Waals surface area contributed by atoms with Gasteiger partial charge in [0, 0.05) is 10.8 Å². The van der Waals surface area contributed by atoms with Crippen molar-refractivity contribution in [2.45, 2.75) is 6.92 Å². The van der Waals surface area contributed by atoms with Gasteiger partial charge in [0.1, 0.15) is 11.2 Å². The van der Waals surface area contributed by atoms with Crippen molar-refractivity contribution in [2.75, 3.05) is 0 Å². The van der Waals surface area contributed by atoms with Crippen LogP contribution in [0.2, 0.25) is 0 Å². The molecule has 0 amide bonds. The highest BCUT2D eigenvalue weighted by atomic mass is 28.3. The summed E-state index contributed by atoms with van der Waals surface area (Å²) in [6.07, 6.45) is 0. The van der Waals surface area contributed by atoms with Crippen LogP contribution >= 0.6 is 0 Å². The summed E-state index contributed by atoms with van der Waals surface area (Å²) in [5, 5.41) is 8.23. The Kier molecular flexibility index (Phi) is 3.85. The summed E-state index contributed by atoms with van der Waals surface area (Å²) in [6.45, 7) is 2.20. The van der Waals surface area contributed by atoms with Crippen LogP contribution in [-0.2, 0) is 0 Å². The summed E-state index contributed by atoms with van der Waals surface area (Å²) < 4.78 is 6.31. The van der Waals surface area contributed by atoms with Crippen molar-refractivity contribution in [1.82, 2.24) is 0 Å². The van der Waals surface area contributed by atoms with Gasteiger partial charge in [0.15, 0.2) is 8.07 Å². The molecule has 6 aromatic rings. The second-order valence-corrected chi connectivity index (χ2v) is 12.7. The molecule has 0 saturated heterocycles. The zero-order valence-electron chi connectivity index (χ0n) is 18.4. The Bertz CT molecular complexity index is 1680. The molecule has 0 fully saturated rings. The molecular weight excluding hydrogens is 416 g/mol. The van der Waals surface area contributed by atoms with Gasteiger partial charge in [-0.05, 0) is 50.9 Å². The van der Waals surface area contributed by atoms with Crippen molar-refractivity contribution >= 4 is 50.8 Å². The van der Waals surface area contributed by atoms with E-state index in [1.54, 1.807) is 0 Å². The number of hydrogen-bond donors (Lipinski definition) is 0. The zero-order chi connectivity index (χ0) is 22.0. The Labute approximate surface area is 194 Å². The Morgan fingerprint density at radius 1 is 0.576 bits per heavy atom. The van der Waals surface area contributed by atoms with Gasteiger partial charge in [-0.2, -0.15) is 0 Å². The molecule has 0 saturated carbocycles. The Morgan fingerprint density at radius 3 is 2.21 bits per heavy atom. The van der Waals surface area contributed by atoms with E-state index < -0.39 is 8.07 Å². The molecule has 1 unspecified atom stereocenters. The van der Waals surface area contributed by atoms with E-state index in [1.165, 1.54) is 48.2 Å². The van der Waals surface area contributed by atoms with E-state index in [0.29, 0.717) is 0 Å². The van der Waals surface area contributed by atoms with Crippen molar-refractivity contribution in [3.63, 3.8) is 0 Å². The molecule has 1 atom stereocenters. The molecular formula is C31H22OSi. The van der Waals surface area contributed by atoms with Gasteiger partial charge in [-0.1, -0.05) is 109 Å². The summed E-state index contributed by atoms with van der Waals surface area (Å²) in [5.74, 6) is 0. The smallest absolute Gasteiger partial charge is 0.180 e. The third-order valence-electron chi connectivity index (χ3n) is 7.21. The predicted molar refractivity (Wildman–Crippen MR) is 141 cm³/mol. The molecule has 1 aliphatic heterocycles. The normalized spacial score (nSPS) is 16.8. The lowest BCUT2D eigenvalue weighted by Crippen LogP contribution is -2.72. The SMILES string of the molecule is Cc1cccc([Si]2(c3ccccc3)c3ccccc3-c3c2ccc2oc4ccccc4c32)c1. The van der Waals surface area contributed by atoms with E-state index in [9.17, 15) is 0 Å². The highest BCUT2D eigenvalue weighted by Gasteiger charge is 2.49. The molecule has 33 heavy (non-hydrogen) atoms. The van der Waals surface area contributed by atoms with Crippen LogP contribution in [0.5, 0.6) is 0 Å². The van der Waals surface area contributed by atoms with E-state index >= 15 is 0 Å². The standard InChI is InChI=1S/C31H22OSi/c1-21-10-9-13-23(20-21)33(22-11-3-2-4-12-22)28-17-8-6-15-25(28)31-29(33)19-18-27-30(31)24-14-5-7-16-26(24)32-27/h2-20H,1H3. The number of rotatable bonds is 2. The van der Waals surface area contributed by atoms with Gasteiger partial charge in [0.05, 0.1) is 0 Å². The second-order valence-electron chi connectivity index (χ2n) is 8.99. The summed E-state index contributed by atoms with van der Waals surface area (Å²) >= 11 is 0. The number of hydrogen-bond acceptors (Lipinski definition) is 1. The molecule has 2 heterocycles. The lowest BCUT2D eigenvalue weighted by molar-refractivity contribution is 0.669. The summed E-state index contributed by atoms with van der Waals surface area (Å²) in [7, 11) is -2.48. The molecule has 7 rings (SSSR count). The molecule has 1 nitrogen and oxygen atoms in total. The fourth-order valence-electron chi connectivity index (χ4n) is 5.94. The van der Waals surface area contributed by atoms with Gasteiger partial charge in [0.25, 0.3) is 0 Å². The molecule has 0 N–H and O–H groups in total. The maximum Gasteiger partial charge on any atom is 0.180 e. The minimum atomic E-state index is -2.48. The van der Waals surface area contributed by atoms with Crippen LogP contribution in [0, 0.1) is 6.92 Å². The van der Waals surface area contributed by atoms with Crippen molar-refractivity contribution in [3.8, 4) is 11.1 Å². The summed E-state index contributed by atoms with van der Waals surface area (Å²) in [5.41, 5.74) is 5.92. The first-order valence-corrected chi connectivity index (χ1v) is 13.5. The molecule has 0 bridgehead atoms. The van der Waals surface area contributed by atoms with E-state index in [2.05, 4.69) is 122 Å². The van der Waals surface area contributed by atoms with Crippen LogP contribution < -0.4 is 20.7 Å². The van der Waals surface area contributed by atoms with Gasteiger partial charge < -0.3 is 4.42 Å². The van der Waals surface area contributed by atoms with Crippen LogP contribution in [0.3, 0.4) is 0 Å². The molecule has 5 aromatic carbocycles. The minimum absolute atomic E-state index is 0.952. The lowest BCUT2D eigenvalue weighted by Gasteiger charge is -2.31. The lowest BCUT2D eigenvalue weighted by atomic mass is 10.00. The van der Waals surface area contributed by atoms with Gasteiger partial charge in [-0.3, -0.25) is 0 Å². The average Bonchev–Trinajstić information content (AvgIpc) is 3.38. The number of para-hydroxylation sites is 1. The maximum absolute atomic E-state index is 6.31. The number of furan rings is 1. The fourth-order valence-corrected chi connectivity index (χ4v) is 11.2. The Balaban J connectivity index is 1.73. The predicted octanol–water partition coefficient (Wildman–Crippen LogP) is 5.25. The number of benzene rings is 5. The topological polar surface area (TPSA) is 13.1 Å². The molecule has 2 heteroatoms. The largest absolute Gasteiger partial charge is 0.456 e. The third-order valence-corrected chi connectivity index (χ3v) is 12.1. The maximum atomic E-state index is 6.31. The summed E-state index contributed by atoms with van der Waals surface area (Å²) in [6, 6.07) is 42.4. The monoisotopic (exact) mass is 438 g/mol. The van der Waals surface area contributed by atoms with E-state index in [1.807, 2.05) is 0 Å². The first-order valence-electron chi connectivity index (χ1n) is 11.5. The second kappa shape index (κ2) is 6.81. The average molecular weight is 439 g/mol. The Hall–Kier alpha value is -3.88. The molecule has 1 aromatic heterocycles. The van der Waals surface area contributed by atoms with Crippen LogP contribution in [0.4, 0.5) is 0 Å². The minimum Gasteiger partial charge on any atom is -0.456 e. The van der Waals surface area contributed by atoms with E-state index in [-0.39, 0.29) is 0 Å². The van der Waals surface area contributed by atoms with E-state index in [4.69, 9.17) is 4.42 Å². The van der Waals surface area contributed by atoms with Gasteiger partial charge in [0.2, 0.25) is 0 Å². The molecule has 0 spiro atoms. The number of fused-ring (bicyclic) bond motifs is 7. The van der Waals surface area contributed by atoms with Crippen LogP contribution in [0.1, 0.15) is 5.56 Å². The first-order chi connectivity index (χ1) is 16.3. The van der Waals surface area contributed by atoms with Crippen LogP contribution in [0.15, 0.2) is 120 Å². The highest BCUT2D eigenvalue weighted by molar-refractivity contribution is 7.22. The summed E-state index contributed by atoms with van der Waals surface area (Å²) in [4.78, 5) is 0. The molecule has 0 radical (unpaired) electrons. The van der Waals surface area contributed by atoms with Crippen molar-refractivity contribution in [2.24, 2.45) is 0 Å². The number of aryl methyl sites for hydroxylation is 1. The molecule has 156 valence electrons. The van der Waals surface area contributed by atoms with Gasteiger partial charge >= 0.3 is 0 Å². The highest BCUT2D eigenvalue weighted by Crippen LogP contribution is 2.39. The van der Waals surface area contributed by atoms with Crippen LogP contribution in [-0.4, -0.2) is 8.07 Å². The van der Waals surface area contributed by atoms with Crippen LogP contribution in [0.25, 0.3) is 33.1 Å². The molecule has 0 aliphatic carbocycles. The van der Waals surface area contributed by atoms with Gasteiger partial charge in [-0.15, -0.1) is 0 Å².